The third-order valence-corrected chi connectivity index (χ3v) is 5.06. The van der Waals surface area contributed by atoms with Gasteiger partial charge in [0, 0.05) is 39.0 Å². The molecule has 0 radical (unpaired) electrons. The second kappa shape index (κ2) is 7.55. The number of hydrogen-bond donors (Lipinski definition) is 0. The van der Waals surface area contributed by atoms with Gasteiger partial charge < -0.3 is 9.80 Å². The van der Waals surface area contributed by atoms with E-state index in [1.807, 2.05) is 30.0 Å². The van der Waals surface area contributed by atoms with Crippen molar-refractivity contribution in [1.29, 1.82) is 0 Å². The Bertz CT molecular complexity index is 643. The fourth-order valence-corrected chi connectivity index (χ4v) is 3.72. The van der Waals surface area contributed by atoms with Gasteiger partial charge in [0.05, 0.1) is 0 Å². The lowest BCUT2D eigenvalue weighted by atomic mass is 10.2. The highest BCUT2D eigenvalue weighted by Gasteiger charge is 2.20. The lowest BCUT2D eigenvalue weighted by Gasteiger charge is -2.20. The van der Waals surface area contributed by atoms with Gasteiger partial charge in [-0.15, -0.1) is 10.2 Å². The van der Waals surface area contributed by atoms with Crippen LogP contribution in [-0.4, -0.2) is 47.2 Å². The van der Waals surface area contributed by atoms with Gasteiger partial charge in [-0.25, -0.2) is 0 Å². The van der Waals surface area contributed by atoms with Gasteiger partial charge in [-0.1, -0.05) is 48.6 Å². The molecule has 0 spiro atoms. The summed E-state index contributed by atoms with van der Waals surface area (Å²) in [6, 6.07) is 10.3. The van der Waals surface area contributed by atoms with Crippen LogP contribution in [-0.2, 0) is 11.2 Å². The van der Waals surface area contributed by atoms with Crippen LogP contribution in [0, 0.1) is 0 Å². The lowest BCUT2D eigenvalue weighted by Crippen LogP contribution is -2.34. The fraction of sp³-hybridized carbons (Fsp3) is 0.471. The minimum Gasteiger partial charge on any atom is -0.345 e. The number of carbonyl (C=O) groups excluding carboxylic acids is 1. The monoisotopic (exact) mass is 330 g/mol. The molecule has 0 saturated carbocycles. The number of aromatic nitrogens is 2. The molecule has 0 atom stereocenters. The molecule has 1 amide bonds. The topological polar surface area (TPSA) is 49.3 Å². The molecule has 23 heavy (non-hydrogen) atoms. The minimum absolute atomic E-state index is 0.244. The minimum atomic E-state index is 0.244. The SMILES string of the molecule is CCC(=O)N1CCCN(c2nnc(Cc3ccccc3)s2)CC1. The zero-order valence-electron chi connectivity index (χ0n) is 13.4. The van der Waals surface area contributed by atoms with E-state index in [1.54, 1.807) is 11.3 Å². The number of benzene rings is 1. The van der Waals surface area contributed by atoms with Crippen LogP contribution in [0.1, 0.15) is 30.3 Å². The van der Waals surface area contributed by atoms with Crippen molar-refractivity contribution in [2.75, 3.05) is 31.1 Å². The van der Waals surface area contributed by atoms with Gasteiger partial charge in [0.25, 0.3) is 0 Å². The Hall–Kier alpha value is -1.95. The summed E-state index contributed by atoms with van der Waals surface area (Å²) in [6.45, 7) is 5.32. The van der Waals surface area contributed by atoms with Crippen LogP contribution in [0.25, 0.3) is 0 Å². The molecule has 2 aromatic rings. The van der Waals surface area contributed by atoms with E-state index in [0.717, 1.165) is 49.2 Å². The largest absolute Gasteiger partial charge is 0.345 e. The maximum atomic E-state index is 11.9. The highest BCUT2D eigenvalue weighted by Crippen LogP contribution is 2.23. The van der Waals surface area contributed by atoms with Crippen LogP contribution in [0.2, 0.25) is 0 Å². The molecular formula is C17H22N4OS. The fourth-order valence-electron chi connectivity index (χ4n) is 2.80. The van der Waals surface area contributed by atoms with Crippen LogP contribution >= 0.6 is 11.3 Å². The number of anilines is 1. The molecule has 1 aromatic carbocycles. The zero-order chi connectivity index (χ0) is 16.1. The second-order valence-corrected chi connectivity index (χ2v) is 6.76. The standard InChI is InChI=1S/C17H22N4OS/c1-2-16(22)20-9-6-10-21(12-11-20)17-19-18-15(23-17)13-14-7-4-3-5-8-14/h3-5,7-8H,2,6,9-13H2,1H3. The van der Waals surface area contributed by atoms with Gasteiger partial charge in [0.2, 0.25) is 11.0 Å². The predicted molar refractivity (Wildman–Crippen MR) is 92.9 cm³/mol. The molecule has 5 nitrogen and oxygen atoms in total. The summed E-state index contributed by atoms with van der Waals surface area (Å²) in [7, 11) is 0. The molecule has 1 aliphatic rings. The molecule has 1 aromatic heterocycles. The molecule has 0 aliphatic carbocycles. The van der Waals surface area contributed by atoms with Gasteiger partial charge in [-0.3, -0.25) is 4.79 Å². The number of amides is 1. The van der Waals surface area contributed by atoms with E-state index < -0.39 is 0 Å². The van der Waals surface area contributed by atoms with Crippen LogP contribution in [0.3, 0.4) is 0 Å². The van der Waals surface area contributed by atoms with Gasteiger partial charge >= 0.3 is 0 Å². The van der Waals surface area contributed by atoms with Gasteiger partial charge in [0.1, 0.15) is 5.01 Å². The van der Waals surface area contributed by atoms with Gasteiger partial charge in [0.15, 0.2) is 0 Å². The summed E-state index contributed by atoms with van der Waals surface area (Å²) >= 11 is 1.66. The number of carbonyl (C=O) groups is 1. The molecular weight excluding hydrogens is 308 g/mol. The van der Waals surface area contributed by atoms with E-state index >= 15 is 0 Å². The van der Waals surface area contributed by atoms with Crippen molar-refractivity contribution in [3.63, 3.8) is 0 Å². The molecule has 0 unspecified atom stereocenters. The first-order valence-electron chi connectivity index (χ1n) is 8.15. The van der Waals surface area contributed by atoms with E-state index in [9.17, 15) is 4.79 Å². The van der Waals surface area contributed by atoms with E-state index in [1.165, 1.54) is 5.56 Å². The molecule has 1 saturated heterocycles. The molecule has 3 rings (SSSR count). The summed E-state index contributed by atoms with van der Waals surface area (Å²) in [5.41, 5.74) is 1.26. The lowest BCUT2D eigenvalue weighted by molar-refractivity contribution is -0.130. The van der Waals surface area contributed by atoms with Crippen molar-refractivity contribution in [1.82, 2.24) is 15.1 Å². The second-order valence-electron chi connectivity index (χ2n) is 5.72. The number of hydrogen-bond acceptors (Lipinski definition) is 5. The van der Waals surface area contributed by atoms with Crippen LogP contribution < -0.4 is 4.90 Å². The van der Waals surface area contributed by atoms with E-state index in [0.29, 0.717) is 6.42 Å². The Morgan fingerprint density at radius 1 is 1.13 bits per heavy atom. The van der Waals surface area contributed by atoms with Crippen LogP contribution in [0.15, 0.2) is 30.3 Å². The number of nitrogens with zero attached hydrogens (tertiary/aromatic N) is 4. The van der Waals surface area contributed by atoms with E-state index in [2.05, 4.69) is 27.2 Å². The predicted octanol–water partition coefficient (Wildman–Crippen LogP) is 2.58. The summed E-state index contributed by atoms with van der Waals surface area (Å²) in [5.74, 6) is 0.244. The van der Waals surface area contributed by atoms with Crippen molar-refractivity contribution >= 4 is 22.4 Å². The first-order chi connectivity index (χ1) is 11.3. The van der Waals surface area contributed by atoms with Crippen LogP contribution in [0.5, 0.6) is 0 Å². The highest BCUT2D eigenvalue weighted by atomic mass is 32.1. The molecule has 1 aliphatic heterocycles. The van der Waals surface area contributed by atoms with Crippen molar-refractivity contribution < 1.29 is 4.79 Å². The molecule has 1 fully saturated rings. The maximum absolute atomic E-state index is 11.9. The highest BCUT2D eigenvalue weighted by molar-refractivity contribution is 7.15. The Morgan fingerprint density at radius 2 is 1.96 bits per heavy atom. The van der Waals surface area contributed by atoms with Crippen LogP contribution in [0.4, 0.5) is 5.13 Å². The average Bonchev–Trinajstić information content (AvgIpc) is 2.90. The smallest absolute Gasteiger partial charge is 0.222 e. The molecule has 122 valence electrons. The van der Waals surface area contributed by atoms with Crippen molar-refractivity contribution in [3.05, 3.63) is 40.9 Å². The quantitative estimate of drug-likeness (QED) is 0.864. The summed E-state index contributed by atoms with van der Waals surface area (Å²) in [6.07, 6.45) is 2.40. The Kier molecular flexibility index (Phi) is 5.23. The van der Waals surface area contributed by atoms with Crippen molar-refractivity contribution in [2.45, 2.75) is 26.2 Å². The van der Waals surface area contributed by atoms with Gasteiger partial charge in [-0.2, -0.15) is 0 Å². The summed E-state index contributed by atoms with van der Waals surface area (Å²) in [5, 5.41) is 10.7. The van der Waals surface area contributed by atoms with E-state index in [-0.39, 0.29) is 5.91 Å². The Labute approximate surface area is 140 Å². The first kappa shape index (κ1) is 15.9. The third-order valence-electron chi connectivity index (χ3n) is 4.08. The van der Waals surface area contributed by atoms with Crippen molar-refractivity contribution in [3.8, 4) is 0 Å². The average molecular weight is 330 g/mol. The molecule has 2 heterocycles. The Morgan fingerprint density at radius 3 is 2.74 bits per heavy atom. The molecule has 0 N–H and O–H groups in total. The van der Waals surface area contributed by atoms with E-state index in [4.69, 9.17) is 0 Å². The summed E-state index contributed by atoms with van der Waals surface area (Å²) < 4.78 is 0. The first-order valence-corrected chi connectivity index (χ1v) is 8.97. The third kappa shape index (κ3) is 4.07. The maximum Gasteiger partial charge on any atom is 0.222 e. The Balaban J connectivity index is 1.63. The van der Waals surface area contributed by atoms with Gasteiger partial charge in [-0.05, 0) is 12.0 Å². The van der Waals surface area contributed by atoms with Crippen molar-refractivity contribution in [2.24, 2.45) is 0 Å². The molecule has 6 heteroatoms. The number of rotatable bonds is 4. The zero-order valence-corrected chi connectivity index (χ0v) is 14.3. The summed E-state index contributed by atoms with van der Waals surface area (Å²) in [4.78, 5) is 16.1. The molecule has 0 bridgehead atoms. The normalized spacial score (nSPS) is 15.5.